The van der Waals surface area contributed by atoms with Crippen molar-refractivity contribution in [2.24, 2.45) is 0 Å². The molecule has 0 atom stereocenters. The van der Waals surface area contributed by atoms with E-state index in [4.69, 9.17) is 0 Å². The Hall–Kier alpha value is 1.82. The normalized spacial score (nSPS) is 11.8. The molecule has 0 heterocycles. The van der Waals surface area contributed by atoms with Gasteiger partial charge in [-0.2, -0.15) is 0 Å². The van der Waals surface area contributed by atoms with Crippen molar-refractivity contribution < 1.29 is 34.0 Å². The molecule has 0 aromatic carbocycles. The molecule has 36 heavy (non-hydrogen) atoms. The van der Waals surface area contributed by atoms with E-state index in [1.807, 2.05) is 0 Å². The summed E-state index contributed by atoms with van der Waals surface area (Å²) >= 11 is 0. The predicted molar refractivity (Wildman–Crippen MR) is 170 cm³/mol. The van der Waals surface area contributed by atoms with Crippen LogP contribution in [0.5, 0.6) is 0 Å². The first kappa shape index (κ1) is 42.3. The second-order valence-electron chi connectivity index (χ2n) is 11.7. The van der Waals surface area contributed by atoms with Gasteiger partial charge in [-0.25, -0.2) is 0 Å². The van der Waals surface area contributed by atoms with E-state index in [1.165, 1.54) is 103 Å². The topological polar surface area (TPSA) is 0 Å². The molecule has 0 N–H and O–H groups in total. The van der Waals surface area contributed by atoms with Gasteiger partial charge in [0.2, 0.25) is 0 Å². The van der Waals surface area contributed by atoms with Crippen LogP contribution in [-0.2, 0) is 0 Å². The van der Waals surface area contributed by atoms with Crippen molar-refractivity contribution in [1.29, 1.82) is 0 Å². The fourth-order valence-electron chi connectivity index (χ4n) is 5.90. The molecule has 0 rings (SSSR count). The van der Waals surface area contributed by atoms with E-state index in [1.54, 1.807) is 62.1 Å². The minimum atomic E-state index is -0.657. The molecule has 222 valence electrons. The van der Waals surface area contributed by atoms with Gasteiger partial charge in [0.15, 0.2) is 0 Å². The fourth-order valence-corrected chi connectivity index (χ4v) is 16.3. The van der Waals surface area contributed by atoms with Crippen LogP contribution in [0.1, 0.15) is 157 Å². The first-order valence-electron chi connectivity index (χ1n) is 16.3. The molecule has 0 radical (unpaired) electrons. The van der Waals surface area contributed by atoms with Gasteiger partial charge in [-0.15, -0.1) is 0 Å². The lowest BCUT2D eigenvalue weighted by atomic mass is 10.1. The van der Waals surface area contributed by atoms with Crippen LogP contribution in [0.3, 0.4) is 0 Å². The van der Waals surface area contributed by atoms with Gasteiger partial charge in [0.05, 0.1) is 49.3 Å². The summed E-state index contributed by atoms with van der Waals surface area (Å²) in [6.07, 6.45) is 39.5. The predicted octanol–water partition coefficient (Wildman–Crippen LogP) is 6.17. The molecule has 0 saturated heterocycles. The van der Waals surface area contributed by atoms with E-state index >= 15 is 0 Å². The monoisotopic (exact) mass is 674 g/mol. The van der Waals surface area contributed by atoms with E-state index in [2.05, 4.69) is 41.5 Å². The average molecular weight is 677 g/mol. The van der Waals surface area contributed by atoms with Gasteiger partial charge < -0.3 is 34.0 Å². The van der Waals surface area contributed by atoms with Crippen molar-refractivity contribution >= 4 is 14.5 Å². The van der Waals surface area contributed by atoms with Crippen LogP contribution in [0, 0.1) is 0 Å². The molecule has 0 nitrogen and oxygen atoms in total. The van der Waals surface area contributed by atoms with E-state index < -0.39 is 14.5 Å². The highest BCUT2D eigenvalue weighted by Gasteiger charge is 2.35. The highest BCUT2D eigenvalue weighted by Crippen LogP contribution is 2.62. The Kier molecular flexibility index (Phi) is 35.0. The maximum atomic E-state index is 2.40. The Morgan fingerprint density at radius 1 is 0.250 bits per heavy atom. The molecule has 0 aromatic heterocycles. The summed E-state index contributed by atoms with van der Waals surface area (Å²) < 4.78 is 0. The van der Waals surface area contributed by atoms with Crippen LogP contribution in [0.4, 0.5) is 0 Å². The molecular formula is C32H70Br2P2. The van der Waals surface area contributed by atoms with Crippen LogP contribution >= 0.6 is 14.5 Å². The summed E-state index contributed by atoms with van der Waals surface area (Å²) in [6, 6.07) is 0. The van der Waals surface area contributed by atoms with Gasteiger partial charge in [-0.3, -0.25) is 0 Å². The van der Waals surface area contributed by atoms with Gasteiger partial charge in [0.1, 0.15) is 0 Å². The summed E-state index contributed by atoms with van der Waals surface area (Å²) in [6.45, 7) is 14.4. The summed E-state index contributed by atoms with van der Waals surface area (Å²) in [4.78, 5) is 0. The quantitative estimate of drug-likeness (QED) is 0.0722. The van der Waals surface area contributed by atoms with Gasteiger partial charge in [-0.1, -0.05) is 92.9 Å². The summed E-state index contributed by atoms with van der Waals surface area (Å²) in [5.41, 5.74) is 0. The molecule has 0 aliphatic heterocycles. The third kappa shape index (κ3) is 21.6. The highest BCUT2D eigenvalue weighted by atomic mass is 79.9. The van der Waals surface area contributed by atoms with Crippen molar-refractivity contribution in [2.75, 3.05) is 49.3 Å². The van der Waals surface area contributed by atoms with Gasteiger partial charge >= 0.3 is 0 Å². The molecule has 0 aromatic rings. The molecule has 0 unspecified atom stereocenters. The SMILES string of the molecule is CCCC[P+](CCCC)(CCCC)CCCCCCCC[P+](CCCC)(CCCC)CCCC.[Br-].[Br-]. The Morgan fingerprint density at radius 2 is 0.417 bits per heavy atom. The Morgan fingerprint density at radius 3 is 0.611 bits per heavy atom. The van der Waals surface area contributed by atoms with Crippen LogP contribution in [-0.4, -0.2) is 49.3 Å². The number of rotatable bonds is 27. The second-order valence-corrected chi connectivity index (χ2v) is 20.7. The van der Waals surface area contributed by atoms with Crippen molar-refractivity contribution in [2.45, 2.75) is 157 Å². The smallest absolute Gasteiger partial charge is 0.0594 e. The Balaban J connectivity index is -0.00000544. The molecule has 4 heteroatoms. The Labute approximate surface area is 253 Å². The largest absolute Gasteiger partial charge is 1.00 e. The van der Waals surface area contributed by atoms with Crippen molar-refractivity contribution in [3.8, 4) is 0 Å². The lowest BCUT2D eigenvalue weighted by Crippen LogP contribution is -3.00. The summed E-state index contributed by atoms with van der Waals surface area (Å²) in [7, 11) is -1.31. The number of hydrogen-bond acceptors (Lipinski definition) is 0. The van der Waals surface area contributed by atoms with Gasteiger partial charge in [0.25, 0.3) is 0 Å². The lowest BCUT2D eigenvalue weighted by Gasteiger charge is -2.28. The molecular weight excluding hydrogens is 606 g/mol. The van der Waals surface area contributed by atoms with E-state index in [0.29, 0.717) is 0 Å². The molecule has 0 aliphatic rings. The van der Waals surface area contributed by atoms with Crippen LogP contribution in [0.15, 0.2) is 0 Å². The zero-order valence-electron chi connectivity index (χ0n) is 26.0. The second kappa shape index (κ2) is 29.8. The zero-order chi connectivity index (χ0) is 25.4. The average Bonchev–Trinajstić information content (AvgIpc) is 2.86. The van der Waals surface area contributed by atoms with Gasteiger partial charge in [0, 0.05) is 14.5 Å². The Bertz CT molecular complexity index is 335. The number of unbranched alkanes of at least 4 members (excludes halogenated alkanes) is 11. The number of halogens is 2. The molecule has 0 aliphatic carbocycles. The van der Waals surface area contributed by atoms with E-state index in [9.17, 15) is 0 Å². The summed E-state index contributed by atoms with van der Waals surface area (Å²) in [5.74, 6) is 0. The third-order valence-electron chi connectivity index (χ3n) is 8.43. The first-order chi connectivity index (χ1) is 16.6. The molecule has 0 saturated carbocycles. The van der Waals surface area contributed by atoms with Gasteiger partial charge in [-0.05, 0) is 64.2 Å². The molecule has 0 spiro atoms. The maximum Gasteiger partial charge on any atom is 0.0594 e. The summed E-state index contributed by atoms with van der Waals surface area (Å²) in [5, 5.41) is 0. The minimum Gasteiger partial charge on any atom is -1.00 e. The van der Waals surface area contributed by atoms with E-state index in [-0.39, 0.29) is 34.0 Å². The van der Waals surface area contributed by atoms with Crippen LogP contribution < -0.4 is 34.0 Å². The lowest BCUT2D eigenvalue weighted by molar-refractivity contribution is -0.001000. The van der Waals surface area contributed by atoms with Crippen molar-refractivity contribution in [1.82, 2.24) is 0 Å². The van der Waals surface area contributed by atoms with Crippen LogP contribution in [0.25, 0.3) is 0 Å². The fraction of sp³-hybridized carbons (Fsp3) is 1.00. The molecule has 0 fully saturated rings. The maximum absolute atomic E-state index is 2.40. The standard InChI is InChI=1S/C32H70P2.2BrH/c1-7-13-25-33(26-14-8-2,27-15-9-3)31-23-21-19-20-22-24-32-34(28-16-10-4,29-17-11-5)30-18-12-6;;/h7-32H2,1-6H3;2*1H/q+2;;/p-2. The van der Waals surface area contributed by atoms with Crippen LogP contribution in [0.2, 0.25) is 0 Å². The first-order valence-corrected chi connectivity index (χ1v) is 21.3. The number of hydrogen-bond donors (Lipinski definition) is 0. The zero-order valence-corrected chi connectivity index (χ0v) is 31.0. The van der Waals surface area contributed by atoms with E-state index in [0.717, 1.165) is 0 Å². The third-order valence-corrected chi connectivity index (χ3v) is 18.6. The highest BCUT2D eigenvalue weighted by molar-refractivity contribution is 7.76. The molecule has 0 bridgehead atoms. The van der Waals surface area contributed by atoms with Crippen molar-refractivity contribution in [3.05, 3.63) is 0 Å². The minimum absolute atomic E-state index is 0. The molecule has 0 amide bonds. The van der Waals surface area contributed by atoms with Crippen molar-refractivity contribution in [3.63, 3.8) is 0 Å².